The first-order valence-electron chi connectivity index (χ1n) is 9.25. The van der Waals surface area contributed by atoms with Crippen molar-refractivity contribution in [2.75, 3.05) is 0 Å². The molecule has 2 aromatic rings. The summed E-state index contributed by atoms with van der Waals surface area (Å²) in [5.74, 6) is -0.628. The van der Waals surface area contributed by atoms with Gasteiger partial charge >= 0.3 is 0 Å². The maximum atomic E-state index is 13.1. The lowest BCUT2D eigenvalue weighted by atomic mass is 10.1. The van der Waals surface area contributed by atoms with Crippen molar-refractivity contribution in [2.24, 2.45) is 0 Å². The third kappa shape index (κ3) is 6.39. The van der Waals surface area contributed by atoms with Crippen LogP contribution < -0.4 is 5.32 Å². The van der Waals surface area contributed by atoms with Gasteiger partial charge in [-0.2, -0.15) is 0 Å². The average molecular weight is 462 g/mol. The zero-order valence-electron chi connectivity index (χ0n) is 16.6. The van der Waals surface area contributed by atoms with Crippen LogP contribution in [-0.2, 0) is 22.6 Å². The van der Waals surface area contributed by atoms with Crippen LogP contribution in [0.2, 0.25) is 0 Å². The maximum Gasteiger partial charge on any atom is 0.273 e. The van der Waals surface area contributed by atoms with Crippen LogP contribution in [0.15, 0.2) is 53.0 Å². The Hall–Kier alpha value is -2.74. The lowest BCUT2D eigenvalue weighted by Gasteiger charge is -2.29. The zero-order chi connectivity index (χ0) is 21.6. The number of hydrogen-bond donors (Lipinski definition) is 1. The number of hydrogen-bond acceptors (Lipinski definition) is 4. The monoisotopic (exact) mass is 461 g/mol. The number of nitro groups is 1. The van der Waals surface area contributed by atoms with Gasteiger partial charge < -0.3 is 10.2 Å². The van der Waals surface area contributed by atoms with Crippen molar-refractivity contribution in [1.82, 2.24) is 10.2 Å². The third-order valence-corrected chi connectivity index (χ3v) is 4.86. The van der Waals surface area contributed by atoms with E-state index < -0.39 is 11.0 Å². The molecule has 0 aromatic heterocycles. The van der Waals surface area contributed by atoms with Crippen molar-refractivity contribution in [3.05, 3.63) is 74.2 Å². The summed E-state index contributed by atoms with van der Waals surface area (Å²) in [4.78, 5) is 37.9. The summed E-state index contributed by atoms with van der Waals surface area (Å²) < 4.78 is 0.861. The summed E-state index contributed by atoms with van der Waals surface area (Å²) in [6.45, 7) is 5.56. The van der Waals surface area contributed by atoms with Crippen molar-refractivity contribution in [3.63, 3.8) is 0 Å². The number of carbonyl (C=O) groups excluding carboxylic acids is 2. The minimum atomic E-state index is -0.730. The molecule has 0 aliphatic carbocycles. The number of rotatable bonds is 8. The third-order valence-electron chi connectivity index (χ3n) is 4.37. The Kier molecular flexibility index (Phi) is 7.90. The number of nitrogens with zero attached hydrogens (tertiary/aromatic N) is 2. The van der Waals surface area contributed by atoms with E-state index in [1.807, 2.05) is 38.1 Å². The average Bonchev–Trinajstić information content (AvgIpc) is 2.65. The Morgan fingerprint density at radius 2 is 1.83 bits per heavy atom. The SMILES string of the molecule is CC(C)NC(=O)[C@H](C)N(Cc1cccc(Br)c1)C(=O)Cc1ccccc1[N+](=O)[O-]. The van der Waals surface area contributed by atoms with E-state index in [2.05, 4.69) is 21.2 Å². The molecule has 1 N–H and O–H groups in total. The molecule has 0 aliphatic rings. The molecule has 0 saturated heterocycles. The molecule has 154 valence electrons. The highest BCUT2D eigenvalue weighted by Gasteiger charge is 2.28. The molecular weight excluding hydrogens is 438 g/mol. The molecule has 2 amide bonds. The van der Waals surface area contributed by atoms with Gasteiger partial charge in [0.25, 0.3) is 5.69 Å². The molecule has 0 unspecified atom stereocenters. The first-order valence-corrected chi connectivity index (χ1v) is 10.0. The summed E-state index contributed by atoms with van der Waals surface area (Å²) >= 11 is 3.41. The van der Waals surface area contributed by atoms with Crippen molar-refractivity contribution >= 4 is 33.4 Å². The zero-order valence-corrected chi connectivity index (χ0v) is 18.2. The van der Waals surface area contributed by atoms with Crippen LogP contribution in [0.4, 0.5) is 5.69 Å². The Morgan fingerprint density at radius 1 is 1.14 bits per heavy atom. The number of halogens is 1. The molecule has 29 heavy (non-hydrogen) atoms. The smallest absolute Gasteiger partial charge is 0.273 e. The molecule has 8 heteroatoms. The Balaban J connectivity index is 2.31. The van der Waals surface area contributed by atoms with Crippen LogP contribution in [0.5, 0.6) is 0 Å². The van der Waals surface area contributed by atoms with Gasteiger partial charge in [0.15, 0.2) is 0 Å². The molecule has 0 radical (unpaired) electrons. The van der Waals surface area contributed by atoms with Crippen LogP contribution in [-0.4, -0.2) is 33.7 Å². The van der Waals surface area contributed by atoms with Crippen molar-refractivity contribution < 1.29 is 14.5 Å². The molecule has 0 bridgehead atoms. The Morgan fingerprint density at radius 3 is 2.45 bits per heavy atom. The van der Waals surface area contributed by atoms with E-state index >= 15 is 0 Å². The van der Waals surface area contributed by atoms with Crippen LogP contribution in [0.3, 0.4) is 0 Å². The van der Waals surface area contributed by atoms with Gasteiger partial charge in [0.2, 0.25) is 11.8 Å². The second-order valence-corrected chi connectivity index (χ2v) is 7.97. The van der Waals surface area contributed by atoms with Crippen molar-refractivity contribution in [2.45, 2.75) is 45.8 Å². The molecule has 2 rings (SSSR count). The number of amides is 2. The van der Waals surface area contributed by atoms with Gasteiger partial charge in [0.05, 0.1) is 11.3 Å². The summed E-state index contributed by atoms with van der Waals surface area (Å²) in [6.07, 6.45) is -0.162. The van der Waals surface area contributed by atoms with Gasteiger partial charge in [0.1, 0.15) is 6.04 Å². The van der Waals surface area contributed by atoms with E-state index in [1.54, 1.807) is 25.1 Å². The molecule has 0 spiro atoms. The quantitative estimate of drug-likeness (QED) is 0.477. The maximum absolute atomic E-state index is 13.1. The predicted molar refractivity (Wildman–Crippen MR) is 114 cm³/mol. The first-order chi connectivity index (χ1) is 13.7. The number of carbonyl (C=O) groups is 2. The molecule has 0 fully saturated rings. The topological polar surface area (TPSA) is 92.6 Å². The van der Waals surface area contributed by atoms with Crippen molar-refractivity contribution in [1.29, 1.82) is 0 Å². The van der Waals surface area contributed by atoms with E-state index in [1.165, 1.54) is 11.0 Å². The van der Waals surface area contributed by atoms with Crippen molar-refractivity contribution in [3.8, 4) is 0 Å². The van der Waals surface area contributed by atoms with Crippen LogP contribution in [0.25, 0.3) is 0 Å². The summed E-state index contributed by atoms with van der Waals surface area (Å²) in [6, 6.07) is 12.8. The standard InChI is InChI=1S/C21H24BrN3O4/c1-14(2)23-21(27)15(3)24(13-16-7-6-9-18(22)11-16)20(26)12-17-8-4-5-10-19(17)25(28)29/h4-11,14-15H,12-13H2,1-3H3,(H,23,27)/t15-/m0/s1. The molecule has 0 saturated carbocycles. The van der Waals surface area contributed by atoms with Gasteiger partial charge in [-0.3, -0.25) is 19.7 Å². The lowest BCUT2D eigenvalue weighted by Crippen LogP contribution is -2.49. The van der Waals surface area contributed by atoms with E-state index in [4.69, 9.17) is 0 Å². The normalized spacial score (nSPS) is 11.8. The predicted octanol–water partition coefficient (Wildman–Crippen LogP) is 3.84. The molecule has 2 aromatic carbocycles. The summed E-state index contributed by atoms with van der Waals surface area (Å²) in [7, 11) is 0. The minimum absolute atomic E-state index is 0.0667. The number of nitrogens with one attached hydrogen (secondary N) is 1. The van der Waals surface area contributed by atoms with E-state index in [0.717, 1.165) is 10.0 Å². The molecule has 0 heterocycles. The molecule has 7 nitrogen and oxygen atoms in total. The summed E-state index contributed by atoms with van der Waals surface area (Å²) in [5.41, 5.74) is 1.06. The molecule has 1 atom stereocenters. The highest BCUT2D eigenvalue weighted by atomic mass is 79.9. The highest BCUT2D eigenvalue weighted by molar-refractivity contribution is 9.10. The molecular formula is C21H24BrN3O4. The fraction of sp³-hybridized carbons (Fsp3) is 0.333. The van der Waals surface area contributed by atoms with Gasteiger partial charge in [-0.1, -0.05) is 46.3 Å². The second kappa shape index (κ2) is 10.2. The van der Waals surface area contributed by atoms with Gasteiger partial charge in [-0.05, 0) is 38.5 Å². The second-order valence-electron chi connectivity index (χ2n) is 7.05. The van der Waals surface area contributed by atoms with E-state index in [9.17, 15) is 19.7 Å². The minimum Gasteiger partial charge on any atom is -0.352 e. The number of para-hydroxylation sites is 1. The van der Waals surface area contributed by atoms with Crippen LogP contribution in [0.1, 0.15) is 31.9 Å². The first kappa shape index (κ1) is 22.5. The van der Waals surface area contributed by atoms with Crippen LogP contribution >= 0.6 is 15.9 Å². The van der Waals surface area contributed by atoms with Crippen LogP contribution in [0, 0.1) is 10.1 Å². The fourth-order valence-electron chi connectivity index (χ4n) is 2.92. The Labute approximate surface area is 178 Å². The number of benzene rings is 2. The van der Waals surface area contributed by atoms with E-state index in [0.29, 0.717) is 5.56 Å². The highest BCUT2D eigenvalue weighted by Crippen LogP contribution is 2.21. The summed E-state index contributed by atoms with van der Waals surface area (Å²) in [5, 5.41) is 14.1. The van der Waals surface area contributed by atoms with Gasteiger partial charge in [-0.15, -0.1) is 0 Å². The number of nitro benzene ring substituents is 1. The van der Waals surface area contributed by atoms with Gasteiger partial charge in [0, 0.05) is 28.7 Å². The van der Waals surface area contributed by atoms with Gasteiger partial charge in [-0.25, -0.2) is 0 Å². The van der Waals surface area contributed by atoms with E-state index in [-0.39, 0.29) is 36.5 Å². The Bertz CT molecular complexity index is 901. The molecule has 0 aliphatic heterocycles. The lowest BCUT2D eigenvalue weighted by molar-refractivity contribution is -0.385. The largest absolute Gasteiger partial charge is 0.352 e. The fourth-order valence-corrected chi connectivity index (χ4v) is 3.37.